The third-order valence-electron chi connectivity index (χ3n) is 7.10. The van der Waals surface area contributed by atoms with Crippen LogP contribution in [0.1, 0.15) is 49.3 Å². The summed E-state index contributed by atoms with van der Waals surface area (Å²) in [5.74, 6) is 0.557. The first kappa shape index (κ1) is 28.7. The zero-order chi connectivity index (χ0) is 29.0. The highest BCUT2D eigenvalue weighted by Crippen LogP contribution is 2.27. The summed E-state index contributed by atoms with van der Waals surface area (Å²) in [5, 5.41) is 3.59. The van der Waals surface area contributed by atoms with Gasteiger partial charge in [-0.05, 0) is 54.5 Å². The molecule has 41 heavy (non-hydrogen) atoms. The van der Waals surface area contributed by atoms with E-state index in [1.807, 2.05) is 25.1 Å². The van der Waals surface area contributed by atoms with Crippen molar-refractivity contribution >= 4 is 23.2 Å². The van der Waals surface area contributed by atoms with Crippen molar-refractivity contribution in [2.45, 2.75) is 51.7 Å². The monoisotopic (exact) mass is 582 g/mol. The Hall–Kier alpha value is -3.85. The molecule has 1 aliphatic heterocycles. The van der Waals surface area contributed by atoms with Crippen LogP contribution >= 0.6 is 11.6 Å². The maximum atomic E-state index is 13.1. The highest BCUT2D eigenvalue weighted by atomic mass is 35.5. The fraction of sp³-hybridized carbons (Fsp3) is 0.355. The molecule has 0 spiro atoms. The van der Waals surface area contributed by atoms with Crippen LogP contribution in [0.3, 0.4) is 0 Å². The molecular weight excluding hydrogens is 550 g/mol. The normalized spacial score (nSPS) is 16.3. The topological polar surface area (TPSA) is 68.1 Å². The summed E-state index contributed by atoms with van der Waals surface area (Å²) in [6, 6.07) is 9.88. The summed E-state index contributed by atoms with van der Waals surface area (Å²) < 4.78 is 38.5. The summed E-state index contributed by atoms with van der Waals surface area (Å²) in [4.78, 5) is 20.1. The lowest BCUT2D eigenvalue weighted by molar-refractivity contribution is -0.158. The Morgan fingerprint density at radius 3 is 2.59 bits per heavy atom. The van der Waals surface area contributed by atoms with Gasteiger partial charge >= 0.3 is 6.11 Å². The lowest BCUT2D eigenvalue weighted by Gasteiger charge is -2.35. The van der Waals surface area contributed by atoms with E-state index in [9.17, 15) is 13.6 Å². The molecule has 0 atom stereocenters. The number of rotatable bonds is 9. The SMILES string of the molecule is CCc1nc2ccc(Cl)cn2c1C(=O)NCC1=CCC(N2CCC(Oc3ccc(OC(C)(F)F)cc3)CC2)=CC=C1. The Morgan fingerprint density at radius 1 is 1.15 bits per heavy atom. The van der Waals surface area contributed by atoms with Crippen LogP contribution in [0.4, 0.5) is 8.78 Å². The number of likely N-dealkylation sites (tertiary alicyclic amines) is 1. The third-order valence-corrected chi connectivity index (χ3v) is 7.33. The van der Waals surface area contributed by atoms with Gasteiger partial charge in [-0.1, -0.05) is 36.8 Å². The Balaban J connectivity index is 1.12. The van der Waals surface area contributed by atoms with E-state index < -0.39 is 6.11 Å². The van der Waals surface area contributed by atoms with Crippen molar-refractivity contribution < 1.29 is 23.0 Å². The Labute approximate surface area is 243 Å². The predicted molar refractivity (Wildman–Crippen MR) is 155 cm³/mol. The second kappa shape index (κ2) is 12.3. The van der Waals surface area contributed by atoms with Crippen molar-refractivity contribution in [3.8, 4) is 11.5 Å². The fourth-order valence-corrected chi connectivity index (χ4v) is 5.25. The summed E-state index contributed by atoms with van der Waals surface area (Å²) in [6.07, 6.45) is 9.97. The minimum Gasteiger partial charge on any atom is -0.490 e. The van der Waals surface area contributed by atoms with Crippen molar-refractivity contribution in [1.29, 1.82) is 0 Å². The van der Waals surface area contributed by atoms with E-state index in [0.29, 0.717) is 42.0 Å². The van der Waals surface area contributed by atoms with Gasteiger partial charge in [0.15, 0.2) is 0 Å². The molecule has 0 radical (unpaired) electrons. The lowest BCUT2D eigenvalue weighted by Crippen LogP contribution is -2.37. The number of amides is 1. The molecule has 216 valence electrons. The standard InChI is InChI=1S/C31H33ClF2N4O3/c1-3-27-29(38-20-22(32)8-14-28(38)36-27)30(39)35-19-21-5-4-6-23(9-7-21)37-17-15-25(16-18-37)40-24-10-12-26(13-11-24)41-31(2,33)34/h4-8,10-14,20,25H,3,9,15-19H2,1-2H3,(H,35,39). The van der Waals surface area contributed by atoms with E-state index in [0.717, 1.165) is 43.6 Å². The van der Waals surface area contributed by atoms with E-state index in [2.05, 4.69) is 32.1 Å². The smallest absolute Gasteiger partial charge is 0.394 e. The lowest BCUT2D eigenvalue weighted by atomic mass is 10.1. The largest absolute Gasteiger partial charge is 0.490 e. The summed E-state index contributed by atoms with van der Waals surface area (Å²) in [6.45, 7) is 4.80. The van der Waals surface area contributed by atoms with Gasteiger partial charge in [-0.25, -0.2) is 4.98 Å². The van der Waals surface area contributed by atoms with Gasteiger partial charge < -0.3 is 19.7 Å². The first-order valence-electron chi connectivity index (χ1n) is 13.8. The van der Waals surface area contributed by atoms with Gasteiger partial charge in [-0.15, -0.1) is 0 Å². The molecule has 1 fully saturated rings. The maximum absolute atomic E-state index is 13.1. The number of nitrogens with zero attached hydrogens (tertiary/aromatic N) is 3. The molecule has 7 nitrogen and oxygen atoms in total. The molecule has 10 heteroatoms. The zero-order valence-corrected chi connectivity index (χ0v) is 23.8. The minimum absolute atomic E-state index is 0.0522. The van der Waals surface area contributed by atoms with Crippen LogP contribution in [0.25, 0.3) is 5.65 Å². The number of benzene rings is 1. The van der Waals surface area contributed by atoms with Crippen molar-refractivity contribution in [3.05, 3.63) is 94.6 Å². The van der Waals surface area contributed by atoms with E-state index in [1.54, 1.807) is 28.8 Å². The predicted octanol–water partition coefficient (Wildman–Crippen LogP) is 6.59. The van der Waals surface area contributed by atoms with E-state index >= 15 is 0 Å². The van der Waals surface area contributed by atoms with Crippen LogP contribution in [0.5, 0.6) is 11.5 Å². The number of aryl methyl sites for hydroxylation is 1. The fourth-order valence-electron chi connectivity index (χ4n) is 5.09. The van der Waals surface area contributed by atoms with Crippen molar-refractivity contribution in [2.24, 2.45) is 0 Å². The van der Waals surface area contributed by atoms with Crippen LogP contribution < -0.4 is 14.8 Å². The third kappa shape index (κ3) is 7.27. The quantitative estimate of drug-likeness (QED) is 0.308. The number of fused-ring (bicyclic) bond motifs is 1. The number of hydrogen-bond donors (Lipinski definition) is 1. The highest BCUT2D eigenvalue weighted by molar-refractivity contribution is 6.30. The number of hydrogen-bond acceptors (Lipinski definition) is 5. The van der Waals surface area contributed by atoms with Crippen LogP contribution in [-0.4, -0.2) is 52.0 Å². The number of pyridine rings is 1. The number of imidazole rings is 1. The van der Waals surface area contributed by atoms with Crippen molar-refractivity contribution in [1.82, 2.24) is 19.6 Å². The van der Waals surface area contributed by atoms with Crippen LogP contribution in [0.15, 0.2) is 78.2 Å². The molecule has 3 aromatic rings. The number of carbonyl (C=O) groups excluding carboxylic acids is 1. The molecule has 1 N–H and O–H groups in total. The van der Waals surface area contributed by atoms with Crippen molar-refractivity contribution in [3.63, 3.8) is 0 Å². The first-order valence-corrected chi connectivity index (χ1v) is 14.2. The van der Waals surface area contributed by atoms with Crippen LogP contribution in [-0.2, 0) is 6.42 Å². The number of ether oxygens (including phenoxy) is 2. The molecule has 3 heterocycles. The summed E-state index contributed by atoms with van der Waals surface area (Å²) in [7, 11) is 0. The molecule has 2 aromatic heterocycles. The van der Waals surface area contributed by atoms with Gasteiger partial charge in [-0.2, -0.15) is 8.78 Å². The number of alkyl halides is 2. The number of allylic oxidation sites excluding steroid dienone is 3. The number of piperidine rings is 1. The van der Waals surface area contributed by atoms with Crippen LogP contribution in [0, 0.1) is 0 Å². The van der Waals surface area contributed by atoms with Gasteiger partial charge in [0, 0.05) is 57.7 Å². The Kier molecular flexibility index (Phi) is 8.63. The number of carbonyl (C=O) groups is 1. The zero-order valence-electron chi connectivity index (χ0n) is 23.1. The molecular formula is C31H33ClF2N4O3. The molecule has 0 saturated carbocycles. The van der Waals surface area contributed by atoms with Gasteiger partial charge in [-0.3, -0.25) is 9.20 Å². The van der Waals surface area contributed by atoms with Crippen molar-refractivity contribution in [2.75, 3.05) is 19.6 Å². The molecule has 0 bridgehead atoms. The van der Waals surface area contributed by atoms with Gasteiger partial charge in [0.2, 0.25) is 0 Å². The Morgan fingerprint density at radius 2 is 1.88 bits per heavy atom. The van der Waals surface area contributed by atoms with Crippen LogP contribution in [0.2, 0.25) is 5.02 Å². The molecule has 1 aromatic carbocycles. The molecule has 5 rings (SSSR count). The molecule has 1 saturated heterocycles. The number of halogens is 3. The van der Waals surface area contributed by atoms with Gasteiger partial charge in [0.25, 0.3) is 5.91 Å². The highest BCUT2D eigenvalue weighted by Gasteiger charge is 2.24. The first-order chi connectivity index (χ1) is 19.7. The van der Waals surface area contributed by atoms with Gasteiger partial charge in [0.1, 0.15) is 28.9 Å². The molecule has 1 amide bonds. The average molecular weight is 583 g/mol. The second-order valence-corrected chi connectivity index (χ2v) is 10.6. The number of nitrogens with one attached hydrogen (secondary N) is 1. The Bertz CT molecular complexity index is 1480. The summed E-state index contributed by atoms with van der Waals surface area (Å²) in [5.41, 5.74) is 4.19. The van der Waals surface area contributed by atoms with E-state index in [4.69, 9.17) is 16.3 Å². The number of aromatic nitrogens is 2. The molecule has 2 aliphatic rings. The molecule has 1 aliphatic carbocycles. The average Bonchev–Trinajstić information content (AvgIpc) is 3.14. The minimum atomic E-state index is -3.22. The van der Waals surface area contributed by atoms with Gasteiger partial charge in [0.05, 0.1) is 10.7 Å². The van der Waals surface area contributed by atoms with E-state index in [1.165, 1.54) is 17.8 Å². The molecule has 0 unspecified atom stereocenters. The maximum Gasteiger partial charge on any atom is 0.394 e. The second-order valence-electron chi connectivity index (χ2n) is 10.2. The summed E-state index contributed by atoms with van der Waals surface area (Å²) >= 11 is 6.17. The van der Waals surface area contributed by atoms with E-state index in [-0.39, 0.29) is 17.8 Å².